The number of nitrogens with one attached hydrogen (secondary N) is 2. The third-order valence-electron chi connectivity index (χ3n) is 4.52. The Morgan fingerprint density at radius 1 is 0.778 bits per heavy atom. The van der Waals surface area contributed by atoms with Gasteiger partial charge >= 0.3 is 0 Å². The summed E-state index contributed by atoms with van der Waals surface area (Å²) < 4.78 is 0. The Kier molecular flexibility index (Phi) is 6.88. The molecule has 27 heavy (non-hydrogen) atoms. The van der Waals surface area contributed by atoms with Crippen LogP contribution < -0.4 is 10.6 Å². The summed E-state index contributed by atoms with van der Waals surface area (Å²) in [5.74, 6) is -0.363. The van der Waals surface area contributed by atoms with E-state index >= 15 is 0 Å². The minimum absolute atomic E-state index is 0.0473. The van der Waals surface area contributed by atoms with Crippen molar-refractivity contribution < 1.29 is 14.4 Å². The molecule has 0 unspecified atom stereocenters. The first-order valence-electron chi connectivity index (χ1n) is 9.11. The van der Waals surface area contributed by atoms with Gasteiger partial charge < -0.3 is 10.6 Å². The van der Waals surface area contributed by atoms with Gasteiger partial charge in [-0.2, -0.15) is 0 Å². The second kappa shape index (κ2) is 9.12. The van der Waals surface area contributed by atoms with Crippen LogP contribution in [-0.4, -0.2) is 17.6 Å². The van der Waals surface area contributed by atoms with Crippen molar-refractivity contribution in [1.29, 1.82) is 0 Å². The number of hydrogen-bond donors (Lipinski definition) is 2. The van der Waals surface area contributed by atoms with Crippen LogP contribution >= 0.6 is 0 Å². The zero-order chi connectivity index (χ0) is 20.0. The molecule has 2 rings (SSSR count). The van der Waals surface area contributed by atoms with Gasteiger partial charge in [-0.1, -0.05) is 25.1 Å². The molecule has 0 saturated heterocycles. The van der Waals surface area contributed by atoms with E-state index in [0.717, 1.165) is 16.7 Å². The van der Waals surface area contributed by atoms with Gasteiger partial charge in [-0.3, -0.25) is 14.4 Å². The van der Waals surface area contributed by atoms with E-state index in [9.17, 15) is 14.4 Å². The van der Waals surface area contributed by atoms with Gasteiger partial charge in [0, 0.05) is 36.2 Å². The number of hydrogen-bond acceptors (Lipinski definition) is 3. The van der Waals surface area contributed by atoms with Crippen molar-refractivity contribution in [3.63, 3.8) is 0 Å². The molecule has 142 valence electrons. The van der Waals surface area contributed by atoms with Crippen LogP contribution in [-0.2, 0) is 9.59 Å². The molecule has 0 aromatic heterocycles. The van der Waals surface area contributed by atoms with Crippen LogP contribution in [0, 0.1) is 20.8 Å². The van der Waals surface area contributed by atoms with Crippen molar-refractivity contribution in [3.05, 3.63) is 58.7 Å². The van der Waals surface area contributed by atoms with E-state index in [1.54, 1.807) is 25.1 Å². The number of anilines is 2. The Balaban J connectivity index is 1.97. The highest BCUT2D eigenvalue weighted by Crippen LogP contribution is 2.21. The molecule has 2 aromatic carbocycles. The van der Waals surface area contributed by atoms with Gasteiger partial charge in [-0.25, -0.2) is 0 Å². The van der Waals surface area contributed by atoms with E-state index in [4.69, 9.17) is 0 Å². The van der Waals surface area contributed by atoms with Gasteiger partial charge in [0.25, 0.3) is 0 Å². The van der Waals surface area contributed by atoms with Crippen LogP contribution in [0.25, 0.3) is 0 Å². The maximum Gasteiger partial charge on any atom is 0.224 e. The van der Waals surface area contributed by atoms with Gasteiger partial charge in [0.05, 0.1) is 0 Å². The maximum atomic E-state index is 12.3. The van der Waals surface area contributed by atoms with Crippen LogP contribution in [0.15, 0.2) is 36.4 Å². The van der Waals surface area contributed by atoms with Gasteiger partial charge in [0.15, 0.2) is 5.78 Å². The van der Waals surface area contributed by atoms with Gasteiger partial charge in [0.1, 0.15) is 0 Å². The Labute approximate surface area is 160 Å². The van der Waals surface area contributed by atoms with Crippen LogP contribution in [0.2, 0.25) is 0 Å². The summed E-state index contributed by atoms with van der Waals surface area (Å²) in [6, 6.07) is 10.9. The van der Waals surface area contributed by atoms with E-state index < -0.39 is 0 Å². The number of rotatable bonds is 7. The SMILES string of the molecule is CCC(=O)Nc1ccc(C)c(NC(=O)CCC(=O)c2ccc(C)c(C)c2)c1. The summed E-state index contributed by atoms with van der Waals surface area (Å²) >= 11 is 0. The van der Waals surface area contributed by atoms with Crippen LogP contribution in [0.1, 0.15) is 53.2 Å². The molecule has 0 saturated carbocycles. The zero-order valence-electron chi connectivity index (χ0n) is 16.3. The lowest BCUT2D eigenvalue weighted by Crippen LogP contribution is -2.15. The number of amides is 2. The Hall–Kier alpha value is -2.95. The molecule has 2 amide bonds. The average Bonchev–Trinajstić information content (AvgIpc) is 2.64. The quantitative estimate of drug-likeness (QED) is 0.705. The molecular weight excluding hydrogens is 340 g/mol. The molecule has 0 aliphatic carbocycles. The molecular formula is C22H26N2O3. The van der Waals surface area contributed by atoms with Crippen molar-refractivity contribution in [2.75, 3.05) is 10.6 Å². The fraction of sp³-hybridized carbons (Fsp3) is 0.318. The van der Waals surface area contributed by atoms with Crippen molar-refractivity contribution in [1.82, 2.24) is 0 Å². The molecule has 5 nitrogen and oxygen atoms in total. The molecule has 0 heterocycles. The molecule has 0 radical (unpaired) electrons. The predicted molar refractivity (Wildman–Crippen MR) is 108 cm³/mol. The number of Topliss-reactive ketones (excluding diaryl/α,β-unsaturated/α-hetero) is 1. The highest BCUT2D eigenvalue weighted by atomic mass is 16.2. The highest BCUT2D eigenvalue weighted by Gasteiger charge is 2.12. The fourth-order valence-corrected chi connectivity index (χ4v) is 2.58. The molecule has 2 N–H and O–H groups in total. The second-order valence-corrected chi connectivity index (χ2v) is 6.70. The van der Waals surface area contributed by atoms with Crippen molar-refractivity contribution in [2.45, 2.75) is 47.0 Å². The lowest BCUT2D eigenvalue weighted by atomic mass is 10.0. The average molecular weight is 366 g/mol. The zero-order valence-corrected chi connectivity index (χ0v) is 16.3. The lowest BCUT2D eigenvalue weighted by molar-refractivity contribution is -0.116. The number of carbonyl (C=O) groups is 3. The first kappa shape index (κ1) is 20.4. The molecule has 5 heteroatoms. The Morgan fingerprint density at radius 2 is 1.48 bits per heavy atom. The normalized spacial score (nSPS) is 10.4. The third kappa shape index (κ3) is 5.78. The van der Waals surface area contributed by atoms with Crippen LogP contribution in [0.4, 0.5) is 11.4 Å². The monoisotopic (exact) mass is 366 g/mol. The van der Waals surface area contributed by atoms with E-state index in [1.165, 1.54) is 0 Å². The van der Waals surface area contributed by atoms with Gasteiger partial charge in [-0.05, 0) is 55.7 Å². The summed E-state index contributed by atoms with van der Waals surface area (Å²) in [6.07, 6.45) is 0.645. The van der Waals surface area contributed by atoms with E-state index in [1.807, 2.05) is 39.0 Å². The summed E-state index contributed by atoms with van der Waals surface area (Å²) in [5.41, 5.74) is 4.98. The van der Waals surface area contributed by atoms with Crippen molar-refractivity contribution >= 4 is 29.0 Å². The molecule has 0 aliphatic rings. The third-order valence-corrected chi connectivity index (χ3v) is 4.52. The molecule has 0 bridgehead atoms. The number of benzene rings is 2. The Bertz CT molecular complexity index is 872. The molecule has 2 aromatic rings. The van der Waals surface area contributed by atoms with Crippen molar-refractivity contribution in [3.8, 4) is 0 Å². The van der Waals surface area contributed by atoms with E-state index in [0.29, 0.717) is 23.4 Å². The van der Waals surface area contributed by atoms with Crippen LogP contribution in [0.5, 0.6) is 0 Å². The first-order chi connectivity index (χ1) is 12.8. The van der Waals surface area contributed by atoms with Crippen molar-refractivity contribution in [2.24, 2.45) is 0 Å². The summed E-state index contributed by atoms with van der Waals surface area (Å²) in [5, 5.41) is 5.60. The summed E-state index contributed by atoms with van der Waals surface area (Å²) in [4.78, 5) is 36.1. The largest absolute Gasteiger partial charge is 0.326 e. The number of aryl methyl sites for hydroxylation is 3. The molecule has 0 spiro atoms. The highest BCUT2D eigenvalue weighted by molar-refractivity contribution is 6.00. The van der Waals surface area contributed by atoms with Gasteiger partial charge in [-0.15, -0.1) is 0 Å². The van der Waals surface area contributed by atoms with E-state index in [-0.39, 0.29) is 30.4 Å². The Morgan fingerprint density at radius 3 is 2.15 bits per heavy atom. The molecule has 0 fully saturated rings. The maximum absolute atomic E-state index is 12.3. The number of carbonyl (C=O) groups excluding carboxylic acids is 3. The lowest BCUT2D eigenvalue weighted by Gasteiger charge is -2.11. The second-order valence-electron chi connectivity index (χ2n) is 6.70. The molecule has 0 atom stereocenters. The van der Waals surface area contributed by atoms with Crippen LogP contribution in [0.3, 0.4) is 0 Å². The minimum Gasteiger partial charge on any atom is -0.326 e. The number of ketones is 1. The minimum atomic E-state index is -0.228. The summed E-state index contributed by atoms with van der Waals surface area (Å²) in [7, 11) is 0. The first-order valence-corrected chi connectivity index (χ1v) is 9.11. The fourth-order valence-electron chi connectivity index (χ4n) is 2.58. The topological polar surface area (TPSA) is 75.3 Å². The predicted octanol–water partition coefficient (Wildman–Crippen LogP) is 4.56. The summed E-state index contributed by atoms with van der Waals surface area (Å²) in [6.45, 7) is 7.61. The molecule has 0 aliphatic heterocycles. The smallest absolute Gasteiger partial charge is 0.224 e. The van der Waals surface area contributed by atoms with Gasteiger partial charge in [0.2, 0.25) is 11.8 Å². The van der Waals surface area contributed by atoms with E-state index in [2.05, 4.69) is 10.6 Å². The standard InChI is InChI=1S/C22H26N2O3/c1-5-21(26)23-18-9-7-15(3)19(13-18)24-22(27)11-10-20(25)17-8-6-14(2)16(4)12-17/h6-9,12-13H,5,10-11H2,1-4H3,(H,23,26)(H,24,27).